The van der Waals surface area contributed by atoms with Crippen molar-refractivity contribution in [3.63, 3.8) is 0 Å². The molecule has 1 aliphatic carbocycles. The topological polar surface area (TPSA) is 53.1 Å². The molecule has 2 aliphatic heterocycles. The minimum Gasteiger partial charge on any atom is -0.383 e. The van der Waals surface area contributed by atoms with Crippen LogP contribution in [0.4, 0.5) is 4.79 Å². The van der Waals surface area contributed by atoms with E-state index in [0.29, 0.717) is 32.0 Å². The van der Waals surface area contributed by atoms with Crippen molar-refractivity contribution in [2.24, 2.45) is 0 Å². The van der Waals surface area contributed by atoms with E-state index in [2.05, 4.69) is 30.9 Å². The molecule has 29 heavy (non-hydrogen) atoms. The fourth-order valence-corrected chi connectivity index (χ4v) is 5.35. The largest absolute Gasteiger partial charge is 0.383 e. The van der Waals surface area contributed by atoms with Gasteiger partial charge in [-0.15, -0.1) is 0 Å². The second kappa shape index (κ2) is 8.07. The number of likely N-dealkylation sites (tertiary alicyclic amines) is 1. The van der Waals surface area contributed by atoms with E-state index in [0.717, 1.165) is 32.4 Å². The number of urea groups is 1. The van der Waals surface area contributed by atoms with Gasteiger partial charge >= 0.3 is 6.03 Å². The number of hydrogen-bond acceptors (Lipinski definition) is 4. The fraction of sp³-hybridized carbons (Fsp3) is 0.652. The summed E-state index contributed by atoms with van der Waals surface area (Å²) in [5.74, 6) is 0.0141. The number of amides is 3. The fourth-order valence-electron chi connectivity index (χ4n) is 5.35. The zero-order valence-electron chi connectivity index (χ0n) is 17.9. The molecule has 3 amide bonds. The molecule has 4 rings (SSSR count). The van der Waals surface area contributed by atoms with Gasteiger partial charge in [0.2, 0.25) is 0 Å². The van der Waals surface area contributed by atoms with E-state index in [9.17, 15) is 9.59 Å². The van der Waals surface area contributed by atoms with Crippen LogP contribution in [0.25, 0.3) is 0 Å². The van der Waals surface area contributed by atoms with E-state index in [4.69, 9.17) is 4.74 Å². The first-order valence-corrected chi connectivity index (χ1v) is 11.0. The summed E-state index contributed by atoms with van der Waals surface area (Å²) >= 11 is 0. The minimum absolute atomic E-state index is 0.0141. The molecule has 6 heteroatoms. The molecule has 158 valence electrons. The zero-order valence-corrected chi connectivity index (χ0v) is 17.9. The number of nitrogens with zero attached hydrogens (tertiary/aromatic N) is 3. The smallest absolute Gasteiger partial charge is 0.328 e. The van der Waals surface area contributed by atoms with Gasteiger partial charge in [-0.2, -0.15) is 0 Å². The summed E-state index contributed by atoms with van der Waals surface area (Å²) in [7, 11) is 1.64. The molecule has 3 aliphatic rings. The van der Waals surface area contributed by atoms with Gasteiger partial charge in [0.05, 0.1) is 6.61 Å². The second-order valence-electron chi connectivity index (χ2n) is 8.76. The van der Waals surface area contributed by atoms with Crippen LogP contribution < -0.4 is 0 Å². The molecule has 1 aromatic carbocycles. The lowest BCUT2D eigenvalue weighted by Crippen LogP contribution is -2.58. The van der Waals surface area contributed by atoms with Gasteiger partial charge in [0, 0.05) is 38.8 Å². The van der Waals surface area contributed by atoms with Gasteiger partial charge in [-0.05, 0) is 50.2 Å². The summed E-state index contributed by atoms with van der Waals surface area (Å²) in [5.41, 5.74) is 1.82. The normalized spacial score (nSPS) is 23.3. The molecule has 1 spiro atoms. The Morgan fingerprint density at radius 2 is 1.76 bits per heavy atom. The van der Waals surface area contributed by atoms with E-state index in [-0.39, 0.29) is 18.0 Å². The number of carbonyl (C=O) groups excluding carboxylic acids is 2. The molecular weight excluding hydrogens is 366 g/mol. The minimum atomic E-state index is -0.700. The molecule has 0 bridgehead atoms. The summed E-state index contributed by atoms with van der Waals surface area (Å²) in [4.78, 5) is 33.1. The van der Waals surface area contributed by atoms with Gasteiger partial charge < -0.3 is 14.5 Å². The van der Waals surface area contributed by atoms with Gasteiger partial charge in [0.15, 0.2) is 0 Å². The number of ether oxygens (including phenoxy) is 1. The standard InChI is InChI=1S/C23H33N3O3/c1-4-17(2)24-11-9-23(10-12-24)21(27)26(22(28)25(23)13-14-29-3)20-15-18-7-5-6-8-19(18)16-20/h5-8,17,20H,4,9-16H2,1-3H3/t17-/m0/s1. The second-order valence-corrected chi connectivity index (χ2v) is 8.76. The quantitative estimate of drug-likeness (QED) is 0.690. The van der Waals surface area contributed by atoms with Gasteiger partial charge in [-0.1, -0.05) is 31.2 Å². The van der Waals surface area contributed by atoms with Crippen LogP contribution in [0.15, 0.2) is 24.3 Å². The van der Waals surface area contributed by atoms with Crippen molar-refractivity contribution < 1.29 is 14.3 Å². The Labute approximate surface area is 173 Å². The molecule has 1 atom stereocenters. The summed E-state index contributed by atoms with van der Waals surface area (Å²) in [6.45, 7) is 7.08. The first-order chi connectivity index (χ1) is 14.0. The number of benzene rings is 1. The van der Waals surface area contributed by atoms with Gasteiger partial charge in [0.1, 0.15) is 5.54 Å². The number of hydrogen-bond donors (Lipinski definition) is 0. The lowest BCUT2D eigenvalue weighted by Gasteiger charge is -2.44. The highest BCUT2D eigenvalue weighted by Crippen LogP contribution is 2.40. The summed E-state index contributed by atoms with van der Waals surface area (Å²) in [6, 6.07) is 8.61. The first-order valence-electron chi connectivity index (χ1n) is 11.0. The Hall–Kier alpha value is -1.92. The average Bonchev–Trinajstić information content (AvgIpc) is 3.24. The number of carbonyl (C=O) groups is 2. The van der Waals surface area contributed by atoms with Crippen molar-refractivity contribution in [3.05, 3.63) is 35.4 Å². The third kappa shape index (κ3) is 3.36. The van der Waals surface area contributed by atoms with Crippen LogP contribution in [0.5, 0.6) is 0 Å². The summed E-state index contributed by atoms with van der Waals surface area (Å²) in [5, 5.41) is 0. The zero-order chi connectivity index (χ0) is 20.6. The Balaban J connectivity index is 1.58. The number of piperidine rings is 1. The molecule has 6 nitrogen and oxygen atoms in total. The van der Waals surface area contributed by atoms with Crippen LogP contribution in [-0.2, 0) is 22.4 Å². The van der Waals surface area contributed by atoms with E-state index >= 15 is 0 Å². The van der Waals surface area contributed by atoms with Crippen LogP contribution in [0, 0.1) is 0 Å². The van der Waals surface area contributed by atoms with Crippen molar-refractivity contribution >= 4 is 11.9 Å². The maximum absolute atomic E-state index is 13.8. The van der Waals surface area contributed by atoms with Crippen molar-refractivity contribution in [1.29, 1.82) is 0 Å². The lowest BCUT2D eigenvalue weighted by molar-refractivity contribution is -0.137. The molecule has 1 aromatic rings. The van der Waals surface area contributed by atoms with E-state index in [1.165, 1.54) is 11.1 Å². The van der Waals surface area contributed by atoms with Crippen molar-refractivity contribution in [2.75, 3.05) is 33.4 Å². The van der Waals surface area contributed by atoms with Crippen molar-refractivity contribution in [1.82, 2.24) is 14.7 Å². The van der Waals surface area contributed by atoms with Crippen LogP contribution >= 0.6 is 0 Å². The lowest BCUT2D eigenvalue weighted by atomic mass is 9.85. The highest BCUT2D eigenvalue weighted by Gasteiger charge is 2.59. The van der Waals surface area contributed by atoms with E-state index < -0.39 is 5.54 Å². The number of imide groups is 1. The van der Waals surface area contributed by atoms with Crippen LogP contribution in [0.3, 0.4) is 0 Å². The Kier molecular flexibility index (Phi) is 5.67. The highest BCUT2D eigenvalue weighted by atomic mass is 16.5. The Morgan fingerprint density at radius 3 is 2.31 bits per heavy atom. The molecule has 0 radical (unpaired) electrons. The van der Waals surface area contributed by atoms with Crippen LogP contribution in [0.1, 0.15) is 44.2 Å². The predicted octanol–water partition coefficient (Wildman–Crippen LogP) is 2.70. The number of fused-ring (bicyclic) bond motifs is 1. The van der Waals surface area contributed by atoms with Crippen LogP contribution in [0.2, 0.25) is 0 Å². The molecule has 0 saturated carbocycles. The molecule has 2 saturated heterocycles. The Bertz CT molecular complexity index is 747. The Morgan fingerprint density at radius 1 is 1.14 bits per heavy atom. The van der Waals surface area contributed by atoms with E-state index in [1.807, 2.05) is 17.0 Å². The summed E-state index contributed by atoms with van der Waals surface area (Å²) < 4.78 is 5.28. The molecule has 0 unspecified atom stereocenters. The van der Waals surface area contributed by atoms with E-state index in [1.54, 1.807) is 12.0 Å². The number of rotatable bonds is 6. The molecular formula is C23H33N3O3. The maximum atomic E-state index is 13.8. The third-order valence-corrected chi connectivity index (χ3v) is 7.32. The molecule has 2 heterocycles. The molecule has 2 fully saturated rings. The van der Waals surface area contributed by atoms with Crippen molar-refractivity contribution in [2.45, 2.75) is 63.6 Å². The first kappa shape index (κ1) is 20.4. The molecule has 0 aromatic heterocycles. The monoisotopic (exact) mass is 399 g/mol. The third-order valence-electron chi connectivity index (χ3n) is 7.32. The van der Waals surface area contributed by atoms with Crippen LogP contribution in [-0.4, -0.2) is 77.6 Å². The number of methoxy groups -OCH3 is 1. The highest BCUT2D eigenvalue weighted by molar-refractivity contribution is 6.07. The maximum Gasteiger partial charge on any atom is 0.328 e. The van der Waals surface area contributed by atoms with Gasteiger partial charge in [0.25, 0.3) is 5.91 Å². The van der Waals surface area contributed by atoms with Crippen molar-refractivity contribution in [3.8, 4) is 0 Å². The average molecular weight is 400 g/mol. The van der Waals surface area contributed by atoms with Gasteiger partial charge in [-0.3, -0.25) is 9.69 Å². The molecule has 0 N–H and O–H groups in total. The predicted molar refractivity (Wildman–Crippen MR) is 112 cm³/mol. The summed E-state index contributed by atoms with van der Waals surface area (Å²) in [6.07, 6.45) is 4.05. The van der Waals surface area contributed by atoms with Gasteiger partial charge in [-0.25, -0.2) is 4.79 Å². The SMILES string of the molecule is CC[C@H](C)N1CCC2(CC1)C(=O)N(C1Cc3ccccc3C1)C(=O)N2CCOC.